The first kappa shape index (κ1) is 30.9. The highest BCUT2D eigenvalue weighted by atomic mass is 32.2. The van der Waals surface area contributed by atoms with Crippen molar-refractivity contribution in [3.63, 3.8) is 0 Å². The Morgan fingerprint density at radius 3 is 2.02 bits per heavy atom. The molecule has 0 aliphatic rings. The molecule has 40 heavy (non-hydrogen) atoms. The lowest BCUT2D eigenvalue weighted by Gasteiger charge is -2.34. The molecule has 7 nitrogen and oxygen atoms in total. The zero-order chi connectivity index (χ0) is 29.4. The molecule has 3 aromatic carbocycles. The van der Waals surface area contributed by atoms with Crippen LogP contribution in [-0.4, -0.2) is 50.5 Å². The molecule has 8 heteroatoms. The summed E-state index contributed by atoms with van der Waals surface area (Å²) < 4.78 is 27.1. The fourth-order valence-corrected chi connectivity index (χ4v) is 5.53. The third-order valence-electron chi connectivity index (χ3n) is 6.56. The van der Waals surface area contributed by atoms with Crippen LogP contribution in [-0.2, 0) is 32.6 Å². The number of carbonyl (C=O) groups is 2. The summed E-state index contributed by atoms with van der Waals surface area (Å²) in [5.41, 5.74) is 5.00. The Kier molecular flexibility index (Phi) is 10.5. The number of carbonyl (C=O) groups excluding carboxylic acids is 2. The molecule has 2 amide bonds. The third kappa shape index (κ3) is 8.95. The number of nitrogens with one attached hydrogen (secondary N) is 1. The van der Waals surface area contributed by atoms with Gasteiger partial charge in [0.15, 0.2) is 0 Å². The van der Waals surface area contributed by atoms with E-state index in [0.717, 1.165) is 38.4 Å². The van der Waals surface area contributed by atoms with Gasteiger partial charge in [-0.1, -0.05) is 80.1 Å². The summed E-state index contributed by atoms with van der Waals surface area (Å²) in [7, 11) is -3.80. The Balaban J connectivity index is 2.06. The van der Waals surface area contributed by atoms with E-state index in [2.05, 4.69) is 5.32 Å². The van der Waals surface area contributed by atoms with E-state index in [1.807, 2.05) is 95.3 Å². The van der Waals surface area contributed by atoms with Gasteiger partial charge in [0, 0.05) is 19.5 Å². The second-order valence-corrected chi connectivity index (χ2v) is 12.9. The molecular formula is C32H41N3O4S. The molecule has 214 valence electrons. The van der Waals surface area contributed by atoms with E-state index in [1.54, 1.807) is 12.1 Å². The summed E-state index contributed by atoms with van der Waals surface area (Å²) in [5.74, 6) is -0.491. The highest BCUT2D eigenvalue weighted by Gasteiger charge is 2.33. The van der Waals surface area contributed by atoms with Crippen LogP contribution in [0.2, 0.25) is 0 Å². The molecule has 0 aliphatic carbocycles. The van der Waals surface area contributed by atoms with Crippen LogP contribution in [0.5, 0.6) is 0 Å². The predicted octanol–water partition coefficient (Wildman–Crippen LogP) is 4.79. The summed E-state index contributed by atoms with van der Waals surface area (Å²) in [6.45, 7) is 9.97. The molecule has 1 atom stereocenters. The van der Waals surface area contributed by atoms with Gasteiger partial charge in [0.05, 0.1) is 11.9 Å². The molecule has 0 fully saturated rings. The van der Waals surface area contributed by atoms with Crippen molar-refractivity contribution in [2.75, 3.05) is 23.7 Å². The first-order valence-electron chi connectivity index (χ1n) is 13.6. The molecule has 3 rings (SSSR count). The fourth-order valence-electron chi connectivity index (χ4n) is 4.69. The summed E-state index contributed by atoms with van der Waals surface area (Å²) in [6.07, 6.45) is 1.39. The van der Waals surface area contributed by atoms with Gasteiger partial charge in [-0.15, -0.1) is 0 Å². The van der Waals surface area contributed by atoms with Gasteiger partial charge in [0.25, 0.3) is 0 Å². The number of aryl methyl sites for hydroxylation is 3. The van der Waals surface area contributed by atoms with Crippen LogP contribution in [0.4, 0.5) is 5.69 Å². The van der Waals surface area contributed by atoms with Crippen LogP contribution >= 0.6 is 0 Å². The number of nitrogens with zero attached hydrogens (tertiary/aromatic N) is 2. The van der Waals surface area contributed by atoms with E-state index in [-0.39, 0.29) is 18.4 Å². The highest BCUT2D eigenvalue weighted by molar-refractivity contribution is 7.92. The smallest absolute Gasteiger partial charge is 0.244 e. The van der Waals surface area contributed by atoms with Gasteiger partial charge in [0.1, 0.15) is 12.6 Å². The van der Waals surface area contributed by atoms with Gasteiger partial charge < -0.3 is 10.2 Å². The van der Waals surface area contributed by atoms with E-state index in [9.17, 15) is 18.0 Å². The number of hydrogen-bond donors (Lipinski definition) is 1. The van der Waals surface area contributed by atoms with E-state index < -0.39 is 28.5 Å². The van der Waals surface area contributed by atoms with Crippen molar-refractivity contribution in [2.24, 2.45) is 5.92 Å². The maximum Gasteiger partial charge on any atom is 0.244 e. The van der Waals surface area contributed by atoms with Crippen LogP contribution in [0, 0.1) is 26.7 Å². The standard InChI is InChI=1S/C32H41N3O4S/c1-23(2)20-33-32(37)30(19-27-12-8-7-9-13-27)34(21-28-14-10-11-24(3)16-28)31(36)22-35(40(6,38)39)29-17-25(4)15-26(5)18-29/h7-18,23,30H,19-22H2,1-6H3,(H,33,37)/t30-/m1/s1. The van der Waals surface area contributed by atoms with E-state index in [0.29, 0.717) is 18.7 Å². The van der Waals surface area contributed by atoms with Crippen molar-refractivity contribution >= 4 is 27.5 Å². The van der Waals surface area contributed by atoms with Crippen molar-refractivity contribution in [1.82, 2.24) is 10.2 Å². The zero-order valence-electron chi connectivity index (χ0n) is 24.3. The number of sulfonamides is 1. The Hall–Kier alpha value is -3.65. The summed E-state index contributed by atoms with van der Waals surface area (Å²) in [6, 6.07) is 21.9. The van der Waals surface area contributed by atoms with Gasteiger partial charge >= 0.3 is 0 Å². The fraction of sp³-hybridized carbons (Fsp3) is 0.375. The Morgan fingerprint density at radius 1 is 0.825 bits per heavy atom. The van der Waals surface area contributed by atoms with Gasteiger partial charge in [0.2, 0.25) is 21.8 Å². The van der Waals surface area contributed by atoms with Gasteiger partial charge in [-0.2, -0.15) is 0 Å². The number of benzene rings is 3. The first-order valence-corrected chi connectivity index (χ1v) is 15.4. The molecule has 1 N–H and O–H groups in total. The molecular weight excluding hydrogens is 522 g/mol. The number of hydrogen-bond acceptors (Lipinski definition) is 4. The topological polar surface area (TPSA) is 86.8 Å². The van der Waals surface area contributed by atoms with Crippen molar-refractivity contribution in [1.29, 1.82) is 0 Å². The highest BCUT2D eigenvalue weighted by Crippen LogP contribution is 2.23. The van der Waals surface area contributed by atoms with Gasteiger partial charge in [-0.05, 0) is 61.1 Å². The number of rotatable bonds is 12. The largest absolute Gasteiger partial charge is 0.354 e. The van der Waals surface area contributed by atoms with E-state index in [4.69, 9.17) is 0 Å². The number of amides is 2. The first-order chi connectivity index (χ1) is 18.8. The van der Waals surface area contributed by atoms with Crippen LogP contribution in [0.3, 0.4) is 0 Å². The summed E-state index contributed by atoms with van der Waals surface area (Å²) in [5, 5.41) is 3.00. The normalized spacial score (nSPS) is 12.2. The van der Waals surface area contributed by atoms with Crippen LogP contribution in [0.15, 0.2) is 72.8 Å². The number of anilines is 1. The third-order valence-corrected chi connectivity index (χ3v) is 7.71. The average molecular weight is 564 g/mol. The minimum absolute atomic E-state index is 0.164. The van der Waals surface area contributed by atoms with Gasteiger partial charge in [-0.3, -0.25) is 13.9 Å². The lowest BCUT2D eigenvalue weighted by molar-refractivity contribution is -0.140. The van der Waals surface area contributed by atoms with E-state index in [1.165, 1.54) is 4.90 Å². The molecule has 0 bridgehead atoms. The minimum Gasteiger partial charge on any atom is -0.354 e. The van der Waals surface area contributed by atoms with E-state index >= 15 is 0 Å². The van der Waals surface area contributed by atoms with Crippen molar-refractivity contribution in [3.8, 4) is 0 Å². The Labute approximate surface area is 239 Å². The molecule has 0 aromatic heterocycles. The summed E-state index contributed by atoms with van der Waals surface area (Å²) in [4.78, 5) is 29.3. The van der Waals surface area contributed by atoms with Crippen molar-refractivity contribution < 1.29 is 18.0 Å². The predicted molar refractivity (Wildman–Crippen MR) is 162 cm³/mol. The molecule has 0 unspecified atom stereocenters. The second kappa shape index (κ2) is 13.6. The summed E-state index contributed by atoms with van der Waals surface area (Å²) >= 11 is 0. The molecule has 0 aliphatic heterocycles. The molecule has 0 heterocycles. The quantitative estimate of drug-likeness (QED) is 0.343. The lowest BCUT2D eigenvalue weighted by atomic mass is 10.0. The Morgan fingerprint density at radius 2 is 1.45 bits per heavy atom. The van der Waals surface area contributed by atoms with Crippen LogP contribution < -0.4 is 9.62 Å². The molecule has 0 radical (unpaired) electrons. The molecule has 0 spiro atoms. The Bertz CT molecular complexity index is 1400. The maximum absolute atomic E-state index is 14.1. The molecule has 0 saturated heterocycles. The molecule has 3 aromatic rings. The minimum atomic E-state index is -3.80. The monoisotopic (exact) mass is 563 g/mol. The van der Waals surface area contributed by atoms with Gasteiger partial charge in [-0.25, -0.2) is 8.42 Å². The average Bonchev–Trinajstić information content (AvgIpc) is 2.87. The van der Waals surface area contributed by atoms with Crippen molar-refractivity contribution in [2.45, 2.75) is 53.6 Å². The second-order valence-electron chi connectivity index (χ2n) is 11.0. The lowest BCUT2D eigenvalue weighted by Crippen LogP contribution is -2.53. The van der Waals surface area contributed by atoms with Crippen molar-refractivity contribution in [3.05, 3.63) is 101 Å². The van der Waals surface area contributed by atoms with Crippen LogP contribution in [0.25, 0.3) is 0 Å². The molecule has 0 saturated carbocycles. The van der Waals surface area contributed by atoms with Crippen LogP contribution in [0.1, 0.15) is 41.7 Å². The zero-order valence-corrected chi connectivity index (χ0v) is 25.2. The maximum atomic E-state index is 14.1. The SMILES string of the molecule is Cc1cccc(CN(C(=O)CN(c2cc(C)cc(C)c2)S(C)(=O)=O)[C@H](Cc2ccccc2)C(=O)NCC(C)C)c1.